The van der Waals surface area contributed by atoms with Crippen molar-refractivity contribution in [2.24, 2.45) is 0 Å². The van der Waals surface area contributed by atoms with E-state index in [2.05, 4.69) is 5.32 Å². The van der Waals surface area contributed by atoms with Crippen molar-refractivity contribution in [1.29, 1.82) is 0 Å². The molecular weight excluding hydrogens is 258 g/mol. The third-order valence-electron chi connectivity index (χ3n) is 2.52. The summed E-state index contributed by atoms with van der Waals surface area (Å²) < 4.78 is 5.12. The lowest BCUT2D eigenvalue weighted by Crippen LogP contribution is -2.45. The molecule has 1 aromatic rings. The fourth-order valence-corrected chi connectivity index (χ4v) is 1.66. The monoisotopic (exact) mass is 279 g/mol. The summed E-state index contributed by atoms with van der Waals surface area (Å²) in [5.74, 6) is -0.445. The lowest BCUT2D eigenvalue weighted by Gasteiger charge is -2.22. The van der Waals surface area contributed by atoms with Crippen LogP contribution in [0.1, 0.15) is 26.3 Å². The first-order valence-electron chi connectivity index (χ1n) is 6.49. The lowest BCUT2D eigenvalue weighted by atomic mass is 10.0. The van der Waals surface area contributed by atoms with Crippen LogP contribution in [0.3, 0.4) is 0 Å². The molecule has 0 aromatic heterocycles. The van der Waals surface area contributed by atoms with Crippen LogP contribution in [0.25, 0.3) is 0 Å². The van der Waals surface area contributed by atoms with E-state index in [9.17, 15) is 9.59 Å². The van der Waals surface area contributed by atoms with E-state index in [4.69, 9.17) is 9.84 Å². The molecule has 0 aliphatic rings. The number of hydrogen-bond acceptors (Lipinski definition) is 4. The molecule has 1 amide bonds. The number of hydrogen-bond donors (Lipinski definition) is 2. The molecule has 1 atom stereocenters. The number of ether oxygens (including phenoxy) is 1. The van der Waals surface area contributed by atoms with Gasteiger partial charge >= 0.3 is 6.09 Å². The van der Waals surface area contributed by atoms with Crippen LogP contribution in [0, 0.1) is 0 Å². The van der Waals surface area contributed by atoms with Crippen molar-refractivity contribution in [2.45, 2.75) is 38.8 Å². The van der Waals surface area contributed by atoms with Gasteiger partial charge in [-0.05, 0) is 32.8 Å². The van der Waals surface area contributed by atoms with Gasteiger partial charge in [-0.2, -0.15) is 0 Å². The van der Waals surface area contributed by atoms with Gasteiger partial charge < -0.3 is 15.2 Å². The number of ketones is 1. The van der Waals surface area contributed by atoms with E-state index in [1.807, 2.05) is 30.3 Å². The van der Waals surface area contributed by atoms with Gasteiger partial charge in [0.05, 0.1) is 6.04 Å². The number of amides is 1. The average Bonchev–Trinajstić information content (AvgIpc) is 2.36. The molecule has 2 N–H and O–H groups in total. The van der Waals surface area contributed by atoms with Crippen LogP contribution in [0.15, 0.2) is 30.3 Å². The van der Waals surface area contributed by atoms with Crippen molar-refractivity contribution in [3.63, 3.8) is 0 Å². The number of rotatable bonds is 5. The predicted molar refractivity (Wildman–Crippen MR) is 75.4 cm³/mol. The highest BCUT2D eigenvalue weighted by molar-refractivity contribution is 5.88. The summed E-state index contributed by atoms with van der Waals surface area (Å²) in [6.07, 6.45) is -0.348. The molecular formula is C15H21NO4. The molecule has 0 heterocycles. The first kappa shape index (κ1) is 16.2. The summed E-state index contributed by atoms with van der Waals surface area (Å²) in [6, 6.07) is 8.49. The third kappa shape index (κ3) is 5.84. The summed E-state index contributed by atoms with van der Waals surface area (Å²) in [5.41, 5.74) is 0.263. The van der Waals surface area contributed by atoms with E-state index in [1.165, 1.54) is 0 Å². The second kappa shape index (κ2) is 7.05. The minimum atomic E-state index is -0.794. The fourth-order valence-electron chi connectivity index (χ4n) is 1.66. The first-order valence-corrected chi connectivity index (χ1v) is 6.49. The van der Waals surface area contributed by atoms with Crippen molar-refractivity contribution < 1.29 is 19.4 Å². The van der Waals surface area contributed by atoms with Gasteiger partial charge in [-0.15, -0.1) is 0 Å². The molecule has 0 radical (unpaired) electrons. The van der Waals surface area contributed by atoms with Crippen molar-refractivity contribution >= 4 is 11.9 Å². The van der Waals surface area contributed by atoms with Crippen molar-refractivity contribution in [3.05, 3.63) is 35.9 Å². The van der Waals surface area contributed by atoms with Crippen LogP contribution in [0.5, 0.6) is 0 Å². The van der Waals surface area contributed by atoms with Crippen molar-refractivity contribution in [2.75, 3.05) is 6.61 Å². The largest absolute Gasteiger partial charge is 0.444 e. The molecule has 0 aliphatic carbocycles. The molecule has 5 heteroatoms. The maximum absolute atomic E-state index is 11.7. The number of nitrogens with one attached hydrogen (secondary N) is 1. The topological polar surface area (TPSA) is 75.6 Å². The minimum Gasteiger partial charge on any atom is -0.444 e. The van der Waals surface area contributed by atoms with E-state index in [0.29, 0.717) is 6.42 Å². The predicted octanol–water partition coefficient (Wildman–Crippen LogP) is 1.68. The number of benzene rings is 1. The van der Waals surface area contributed by atoms with E-state index in [0.717, 1.165) is 5.56 Å². The molecule has 1 aromatic carbocycles. The van der Waals surface area contributed by atoms with Gasteiger partial charge in [0.15, 0.2) is 5.78 Å². The number of carbonyl (C=O) groups is 2. The smallest absolute Gasteiger partial charge is 0.408 e. The highest BCUT2D eigenvalue weighted by Gasteiger charge is 2.23. The van der Waals surface area contributed by atoms with Gasteiger partial charge in [-0.25, -0.2) is 4.79 Å². The number of Topliss-reactive ketones (excluding diaryl/α,β-unsaturated/α-hetero) is 1. The van der Waals surface area contributed by atoms with Gasteiger partial charge in [0.1, 0.15) is 12.2 Å². The lowest BCUT2D eigenvalue weighted by molar-refractivity contribution is -0.123. The summed E-state index contributed by atoms with van der Waals surface area (Å²) >= 11 is 0. The number of aliphatic hydroxyl groups is 1. The third-order valence-corrected chi connectivity index (χ3v) is 2.52. The Hall–Kier alpha value is -1.88. The normalized spacial score (nSPS) is 12.6. The van der Waals surface area contributed by atoms with Crippen LogP contribution < -0.4 is 5.32 Å². The summed E-state index contributed by atoms with van der Waals surface area (Å²) in [4.78, 5) is 23.4. The Kier molecular flexibility index (Phi) is 5.70. The van der Waals surface area contributed by atoms with Gasteiger partial charge in [0.25, 0.3) is 0 Å². The Labute approximate surface area is 118 Å². The minimum absolute atomic E-state index is 0.319. The summed E-state index contributed by atoms with van der Waals surface area (Å²) in [5, 5.41) is 11.5. The van der Waals surface area contributed by atoms with Crippen LogP contribution in [-0.2, 0) is 16.0 Å². The van der Waals surface area contributed by atoms with Crippen LogP contribution in [0.2, 0.25) is 0 Å². The highest BCUT2D eigenvalue weighted by Crippen LogP contribution is 2.08. The van der Waals surface area contributed by atoms with Crippen LogP contribution >= 0.6 is 0 Å². The summed E-state index contributed by atoms with van der Waals surface area (Å²) in [6.45, 7) is 4.61. The summed E-state index contributed by atoms with van der Waals surface area (Å²) in [7, 11) is 0. The maximum atomic E-state index is 11.7. The molecule has 0 saturated heterocycles. The zero-order valence-electron chi connectivity index (χ0n) is 12.1. The van der Waals surface area contributed by atoms with E-state index >= 15 is 0 Å². The molecule has 0 aliphatic heterocycles. The maximum Gasteiger partial charge on any atom is 0.408 e. The molecule has 110 valence electrons. The fraction of sp³-hybridized carbons (Fsp3) is 0.467. The zero-order chi connectivity index (χ0) is 15.2. The van der Waals surface area contributed by atoms with Gasteiger partial charge in [-0.3, -0.25) is 4.79 Å². The van der Waals surface area contributed by atoms with E-state index in [1.54, 1.807) is 20.8 Å². The Morgan fingerprint density at radius 2 is 1.85 bits per heavy atom. The molecule has 1 rings (SSSR count). The first-order chi connectivity index (χ1) is 9.31. The average molecular weight is 279 g/mol. The van der Waals surface area contributed by atoms with Crippen LogP contribution in [-0.4, -0.2) is 35.2 Å². The second-order valence-corrected chi connectivity index (χ2v) is 5.51. The molecule has 20 heavy (non-hydrogen) atoms. The highest BCUT2D eigenvalue weighted by atomic mass is 16.6. The molecule has 0 saturated carbocycles. The number of alkyl carbamates (subject to hydrolysis) is 1. The van der Waals surface area contributed by atoms with Crippen LogP contribution in [0.4, 0.5) is 4.79 Å². The Balaban J connectivity index is 2.70. The Morgan fingerprint density at radius 1 is 1.25 bits per heavy atom. The standard InChI is InChI=1S/C15H21NO4/c1-15(2,3)20-14(19)16-12(13(18)10-17)9-11-7-5-4-6-8-11/h4-8,12,17H,9-10H2,1-3H3,(H,16,19)/t12-/m0/s1. The second-order valence-electron chi connectivity index (χ2n) is 5.51. The van der Waals surface area contributed by atoms with Crippen molar-refractivity contribution in [1.82, 2.24) is 5.32 Å². The van der Waals surface area contributed by atoms with E-state index in [-0.39, 0.29) is 0 Å². The molecule has 5 nitrogen and oxygen atoms in total. The molecule has 0 bridgehead atoms. The van der Waals surface area contributed by atoms with E-state index < -0.39 is 30.1 Å². The Bertz CT molecular complexity index is 451. The van der Waals surface area contributed by atoms with Crippen molar-refractivity contribution in [3.8, 4) is 0 Å². The van der Waals surface area contributed by atoms with Gasteiger partial charge in [-0.1, -0.05) is 30.3 Å². The Morgan fingerprint density at radius 3 is 2.35 bits per heavy atom. The van der Waals surface area contributed by atoms with Gasteiger partial charge in [0.2, 0.25) is 0 Å². The quantitative estimate of drug-likeness (QED) is 0.860. The zero-order valence-corrected chi connectivity index (χ0v) is 12.1. The number of aliphatic hydroxyl groups excluding tert-OH is 1. The molecule has 0 fully saturated rings. The molecule has 0 unspecified atom stereocenters. The number of carbonyl (C=O) groups excluding carboxylic acids is 2. The van der Waals surface area contributed by atoms with Gasteiger partial charge in [0, 0.05) is 0 Å². The SMILES string of the molecule is CC(C)(C)OC(=O)N[C@@H](Cc1ccccc1)C(=O)CO. The molecule has 0 spiro atoms.